The van der Waals surface area contributed by atoms with Gasteiger partial charge in [-0.25, -0.2) is 9.13 Å². The van der Waals surface area contributed by atoms with Crippen LogP contribution in [-0.4, -0.2) is 96.7 Å². The van der Waals surface area contributed by atoms with E-state index in [1.165, 1.54) is 70.6 Å². The highest BCUT2D eigenvalue weighted by atomic mass is 31.2. The topological polar surface area (TPSA) is 237 Å². The molecule has 0 fully saturated rings. The van der Waals surface area contributed by atoms with Crippen LogP contribution in [0.1, 0.15) is 280 Å². The van der Waals surface area contributed by atoms with Gasteiger partial charge in [0, 0.05) is 25.7 Å². The summed E-state index contributed by atoms with van der Waals surface area (Å²) in [7, 11) is -9.88. The van der Waals surface area contributed by atoms with Crippen molar-refractivity contribution in [3.05, 3.63) is 0 Å². The summed E-state index contributed by atoms with van der Waals surface area (Å²) in [6, 6.07) is 0. The van der Waals surface area contributed by atoms with E-state index in [9.17, 15) is 43.2 Å². The molecule has 3 unspecified atom stereocenters. The van der Waals surface area contributed by atoms with Gasteiger partial charge in [-0.1, -0.05) is 229 Å². The van der Waals surface area contributed by atoms with Gasteiger partial charge in [0.1, 0.15) is 19.3 Å². The largest absolute Gasteiger partial charge is 0.472 e. The molecule has 0 heterocycles. The Balaban J connectivity index is 5.25. The van der Waals surface area contributed by atoms with E-state index >= 15 is 0 Å². The number of hydrogen-bond donors (Lipinski definition) is 3. The molecular weight excluding hydrogens is 1050 g/mol. The maximum atomic E-state index is 12.9. The van der Waals surface area contributed by atoms with Gasteiger partial charge >= 0.3 is 39.5 Å². The Kier molecular flexibility index (Phi) is 49.3. The summed E-state index contributed by atoms with van der Waals surface area (Å²) in [6.45, 7) is 13.8. The lowest BCUT2D eigenvalue weighted by atomic mass is 10.00. The highest BCUT2D eigenvalue weighted by Crippen LogP contribution is 2.45. The molecule has 0 saturated carbocycles. The van der Waals surface area contributed by atoms with Crippen LogP contribution >= 0.6 is 15.6 Å². The summed E-state index contributed by atoms with van der Waals surface area (Å²) < 4.78 is 67.7. The molecule has 0 aliphatic carbocycles. The number of phosphoric ester groups is 2. The molecule has 6 atom stereocenters. The number of phosphoric acid groups is 2. The van der Waals surface area contributed by atoms with Gasteiger partial charge in [-0.15, -0.1) is 0 Å². The summed E-state index contributed by atoms with van der Waals surface area (Å²) in [5.41, 5.74) is 0. The van der Waals surface area contributed by atoms with Crippen molar-refractivity contribution in [1.29, 1.82) is 0 Å². The predicted octanol–water partition coefficient (Wildman–Crippen LogP) is 15.8. The Morgan fingerprint density at radius 1 is 0.354 bits per heavy atom. The first-order chi connectivity index (χ1) is 37.6. The van der Waals surface area contributed by atoms with Gasteiger partial charge in [-0.2, -0.15) is 0 Å². The third kappa shape index (κ3) is 53.8. The fourth-order valence-corrected chi connectivity index (χ4v) is 10.3. The van der Waals surface area contributed by atoms with Gasteiger partial charge in [0.15, 0.2) is 12.2 Å². The molecule has 0 aliphatic rings. The van der Waals surface area contributed by atoms with Crippen molar-refractivity contribution in [2.45, 2.75) is 298 Å². The van der Waals surface area contributed by atoms with Gasteiger partial charge in [0.2, 0.25) is 0 Å². The lowest BCUT2D eigenvalue weighted by Gasteiger charge is -2.21. The molecule has 17 nitrogen and oxygen atoms in total. The third-order valence-corrected chi connectivity index (χ3v) is 15.8. The first kappa shape index (κ1) is 77.1. The third-order valence-electron chi connectivity index (χ3n) is 13.9. The lowest BCUT2D eigenvalue weighted by molar-refractivity contribution is -0.161. The maximum Gasteiger partial charge on any atom is 0.472 e. The molecule has 0 rings (SSSR count). The maximum absolute atomic E-state index is 12.9. The molecule has 0 radical (unpaired) electrons. The van der Waals surface area contributed by atoms with E-state index in [-0.39, 0.29) is 25.7 Å². The lowest BCUT2D eigenvalue weighted by Crippen LogP contribution is -2.30. The van der Waals surface area contributed by atoms with Crippen LogP contribution in [0.5, 0.6) is 0 Å². The van der Waals surface area contributed by atoms with E-state index in [0.717, 1.165) is 115 Å². The SMILES string of the molecule is CCC(C)CCCCCCCCC(=O)O[C@H](COC(=O)CCCCCCCCC(C)C)COP(=O)(O)OC[C@@H](O)COP(=O)(O)OC[C@@H](COC(=O)CCCCCCCCC(C)C)OC(=O)CCCCCCCCCCC(C)C. The monoisotopic (exact) mass is 1170 g/mol. The van der Waals surface area contributed by atoms with Crippen molar-refractivity contribution in [3.63, 3.8) is 0 Å². The number of rotatable bonds is 57. The predicted molar refractivity (Wildman–Crippen MR) is 312 cm³/mol. The first-order valence-electron chi connectivity index (χ1n) is 31.2. The fourth-order valence-electron chi connectivity index (χ4n) is 8.69. The zero-order chi connectivity index (χ0) is 59.0. The number of aliphatic hydroxyl groups excluding tert-OH is 1. The summed E-state index contributed by atoms with van der Waals surface area (Å²) in [4.78, 5) is 71.9. The zero-order valence-electron chi connectivity index (χ0n) is 51.0. The molecular formula is C60H116O17P2. The summed E-state index contributed by atoms with van der Waals surface area (Å²) in [5.74, 6) is 0.646. The van der Waals surface area contributed by atoms with Crippen LogP contribution in [0.25, 0.3) is 0 Å². The molecule has 0 aliphatic heterocycles. The van der Waals surface area contributed by atoms with Crippen molar-refractivity contribution < 1.29 is 80.2 Å². The minimum absolute atomic E-state index is 0.101. The molecule has 0 saturated heterocycles. The molecule has 79 heavy (non-hydrogen) atoms. The fraction of sp³-hybridized carbons (Fsp3) is 0.933. The van der Waals surface area contributed by atoms with Crippen LogP contribution < -0.4 is 0 Å². The Bertz CT molecular complexity index is 1600. The summed E-state index contributed by atoms with van der Waals surface area (Å²) in [6.07, 6.45) is 28.4. The second kappa shape index (κ2) is 50.6. The molecule has 0 aromatic carbocycles. The molecule has 0 amide bonds. The Morgan fingerprint density at radius 3 is 0.899 bits per heavy atom. The van der Waals surface area contributed by atoms with E-state index in [2.05, 4.69) is 55.4 Å². The molecule has 0 aromatic heterocycles. The molecule has 468 valence electrons. The first-order valence-corrected chi connectivity index (χ1v) is 34.2. The Morgan fingerprint density at radius 2 is 0.608 bits per heavy atom. The Labute approximate surface area is 479 Å². The average Bonchev–Trinajstić information content (AvgIpc) is 3.39. The van der Waals surface area contributed by atoms with Gasteiger partial charge in [0.25, 0.3) is 0 Å². The van der Waals surface area contributed by atoms with Crippen molar-refractivity contribution >= 4 is 39.5 Å². The number of aliphatic hydroxyl groups is 1. The van der Waals surface area contributed by atoms with Crippen molar-refractivity contribution in [3.8, 4) is 0 Å². The minimum Gasteiger partial charge on any atom is -0.462 e. The number of carbonyl (C=O) groups excluding carboxylic acids is 4. The van der Waals surface area contributed by atoms with E-state index < -0.39 is 97.5 Å². The highest BCUT2D eigenvalue weighted by Gasteiger charge is 2.30. The normalized spacial score (nSPS) is 14.9. The quantitative estimate of drug-likeness (QED) is 0.0222. The molecule has 0 spiro atoms. The minimum atomic E-state index is -4.94. The van der Waals surface area contributed by atoms with Crippen molar-refractivity contribution in [2.75, 3.05) is 39.6 Å². The number of unbranched alkanes of at least 4 members (excludes halogenated alkanes) is 22. The van der Waals surface area contributed by atoms with E-state index in [1.807, 2.05) is 0 Å². The van der Waals surface area contributed by atoms with E-state index in [1.54, 1.807) is 0 Å². The van der Waals surface area contributed by atoms with Crippen LogP contribution in [0.3, 0.4) is 0 Å². The van der Waals surface area contributed by atoms with Crippen LogP contribution in [-0.2, 0) is 65.4 Å². The molecule has 0 bridgehead atoms. The van der Waals surface area contributed by atoms with Crippen molar-refractivity contribution in [1.82, 2.24) is 0 Å². The van der Waals surface area contributed by atoms with E-state index in [4.69, 9.17) is 37.0 Å². The van der Waals surface area contributed by atoms with Crippen molar-refractivity contribution in [2.24, 2.45) is 23.7 Å². The van der Waals surface area contributed by atoms with Gasteiger partial charge in [-0.3, -0.25) is 37.3 Å². The second-order valence-electron chi connectivity index (χ2n) is 23.4. The van der Waals surface area contributed by atoms with Crippen LogP contribution in [0, 0.1) is 23.7 Å². The zero-order valence-corrected chi connectivity index (χ0v) is 52.8. The summed E-state index contributed by atoms with van der Waals surface area (Å²) >= 11 is 0. The Hall–Kier alpha value is -1.94. The number of ether oxygens (including phenoxy) is 4. The van der Waals surface area contributed by atoms with Crippen LogP contribution in [0.15, 0.2) is 0 Å². The molecule has 3 N–H and O–H groups in total. The second-order valence-corrected chi connectivity index (χ2v) is 26.3. The molecule has 0 aromatic rings. The number of hydrogen-bond acceptors (Lipinski definition) is 15. The van der Waals surface area contributed by atoms with Crippen LogP contribution in [0.4, 0.5) is 0 Å². The van der Waals surface area contributed by atoms with Gasteiger partial charge in [0.05, 0.1) is 26.4 Å². The van der Waals surface area contributed by atoms with Gasteiger partial charge < -0.3 is 33.8 Å². The number of carbonyl (C=O) groups is 4. The number of esters is 4. The van der Waals surface area contributed by atoms with Crippen LogP contribution in [0.2, 0.25) is 0 Å². The average molecular weight is 1170 g/mol. The summed E-state index contributed by atoms with van der Waals surface area (Å²) in [5, 5.41) is 10.5. The van der Waals surface area contributed by atoms with E-state index in [0.29, 0.717) is 37.5 Å². The smallest absolute Gasteiger partial charge is 0.462 e. The molecule has 19 heteroatoms. The highest BCUT2D eigenvalue weighted by molar-refractivity contribution is 7.47. The standard InChI is InChI=1S/C60H116O17P2/c1-9-53(8)39-31-23-16-19-27-35-43-60(65)77-56(47-71-58(63)41-33-25-18-15-22-30-38-52(6)7)49-75-79(68,69)73-45-54(61)44-72-78(66,67)74-48-55(46-70-57(62)40-32-24-17-14-21-29-37-51(4)5)76-59(64)42-34-26-13-11-10-12-20-28-36-50(2)3/h50-56,61H,9-49H2,1-8H3,(H,66,67)(H,68,69)/t53?,54-,55+,56+/m0/s1. The van der Waals surface area contributed by atoms with Gasteiger partial charge in [-0.05, 0) is 49.4 Å².